The number of hydrogen-bond donors (Lipinski definition) is 2. The Morgan fingerprint density at radius 1 is 1.13 bits per heavy atom. The molecular weight excluding hydrogens is 422 g/mol. The predicted octanol–water partition coefficient (Wildman–Crippen LogP) is 3.74. The number of guanidine groups is 1. The van der Waals surface area contributed by atoms with Crippen LogP contribution in [0.15, 0.2) is 41.4 Å². The topological polar surface area (TPSA) is 90.4 Å². The number of rotatable bonds is 7. The Hall–Kier alpha value is -2.97. The maximum absolute atomic E-state index is 12.9. The van der Waals surface area contributed by atoms with E-state index in [1.807, 2.05) is 0 Å². The van der Waals surface area contributed by atoms with Crippen molar-refractivity contribution in [2.45, 2.75) is 18.9 Å². The number of hydrogen-bond acceptors (Lipinski definition) is 6. The lowest BCUT2D eigenvalue weighted by atomic mass is 10.2. The van der Waals surface area contributed by atoms with Gasteiger partial charge in [-0.25, -0.2) is 4.99 Å². The molecule has 0 radical (unpaired) electrons. The second-order valence-electron chi connectivity index (χ2n) is 6.85. The second kappa shape index (κ2) is 10.9. The summed E-state index contributed by atoms with van der Waals surface area (Å²) in [6, 6.07) is 10.2. The molecule has 0 saturated carbocycles. The first-order valence-electron chi connectivity index (χ1n) is 9.83. The molecule has 1 unspecified atom stereocenters. The molecule has 8 nitrogen and oxygen atoms in total. The Labute approximate surface area is 186 Å². The molecule has 1 amide bonds. The number of carbonyl (C=O) groups is 1. The van der Waals surface area contributed by atoms with Crippen LogP contribution < -0.4 is 24.8 Å². The van der Waals surface area contributed by atoms with Gasteiger partial charge in [-0.1, -0.05) is 11.6 Å². The largest absolute Gasteiger partial charge is 0.497 e. The third kappa shape index (κ3) is 6.26. The highest BCUT2D eigenvalue weighted by molar-refractivity contribution is 6.32. The van der Waals surface area contributed by atoms with Crippen LogP contribution in [0.5, 0.6) is 17.2 Å². The van der Waals surface area contributed by atoms with Crippen molar-refractivity contribution >= 4 is 29.2 Å². The fourth-order valence-electron chi connectivity index (χ4n) is 3.09. The fraction of sp³-hybridized carbons (Fsp3) is 0.364. The number of nitrogens with zero attached hydrogens (tertiary/aromatic N) is 1. The lowest BCUT2D eigenvalue weighted by Gasteiger charge is -2.15. The van der Waals surface area contributed by atoms with Gasteiger partial charge in [-0.05, 0) is 43.2 Å². The monoisotopic (exact) mass is 447 g/mol. The standard InChI is InChI=1S/C22H26ClN3O5/c1-28-17-9-14(10-18(12-17)29-2)21(27)26-22(24-13-16-5-4-8-31-16)25-15-6-7-20(30-3)19(23)11-15/h6-7,9-12,16H,4-5,8,13H2,1-3H3,(H2,24,25,26,27). The van der Waals surface area contributed by atoms with Crippen molar-refractivity contribution in [2.24, 2.45) is 4.99 Å². The number of carbonyl (C=O) groups excluding carboxylic acids is 1. The van der Waals surface area contributed by atoms with E-state index < -0.39 is 0 Å². The first kappa shape index (κ1) is 22.7. The SMILES string of the molecule is COc1cc(OC)cc(C(=O)NC(=NCC2CCCO2)Nc2ccc(OC)c(Cl)c2)c1. The zero-order valence-corrected chi connectivity index (χ0v) is 18.5. The molecule has 1 aliphatic rings. The first-order valence-corrected chi connectivity index (χ1v) is 10.2. The maximum Gasteiger partial charge on any atom is 0.258 e. The zero-order chi connectivity index (χ0) is 22.2. The molecule has 3 rings (SSSR count). The van der Waals surface area contributed by atoms with E-state index in [1.54, 1.807) is 43.5 Å². The Balaban J connectivity index is 1.81. The molecule has 0 bridgehead atoms. The summed E-state index contributed by atoms with van der Waals surface area (Å²) in [4.78, 5) is 17.5. The molecule has 31 heavy (non-hydrogen) atoms. The zero-order valence-electron chi connectivity index (χ0n) is 17.7. The van der Waals surface area contributed by atoms with Crippen LogP contribution in [-0.4, -0.2) is 52.5 Å². The van der Waals surface area contributed by atoms with Crippen molar-refractivity contribution in [2.75, 3.05) is 39.8 Å². The summed E-state index contributed by atoms with van der Waals surface area (Å²) in [5.41, 5.74) is 1.02. The van der Waals surface area contributed by atoms with Gasteiger partial charge in [0, 0.05) is 23.9 Å². The van der Waals surface area contributed by atoms with Crippen LogP contribution in [0, 0.1) is 0 Å². The smallest absolute Gasteiger partial charge is 0.258 e. The molecule has 1 heterocycles. The molecule has 2 N–H and O–H groups in total. The van der Waals surface area contributed by atoms with Gasteiger partial charge in [0.15, 0.2) is 0 Å². The van der Waals surface area contributed by atoms with E-state index in [9.17, 15) is 4.79 Å². The molecule has 0 spiro atoms. The van der Waals surface area contributed by atoms with E-state index >= 15 is 0 Å². The second-order valence-corrected chi connectivity index (χ2v) is 7.26. The molecule has 2 aromatic rings. The van der Waals surface area contributed by atoms with Crippen LogP contribution in [0.1, 0.15) is 23.2 Å². The molecule has 1 atom stereocenters. The van der Waals surface area contributed by atoms with Crippen LogP contribution in [-0.2, 0) is 4.74 Å². The van der Waals surface area contributed by atoms with Crippen LogP contribution in [0.25, 0.3) is 0 Å². The lowest BCUT2D eigenvalue weighted by molar-refractivity contribution is 0.0975. The van der Waals surface area contributed by atoms with Gasteiger partial charge in [-0.2, -0.15) is 0 Å². The summed E-state index contributed by atoms with van der Waals surface area (Å²) in [5.74, 6) is 1.49. The van der Waals surface area contributed by atoms with E-state index in [0.29, 0.717) is 40.1 Å². The minimum atomic E-state index is -0.365. The Morgan fingerprint density at radius 2 is 1.87 bits per heavy atom. The van der Waals surface area contributed by atoms with E-state index in [4.69, 9.17) is 30.5 Å². The number of halogens is 1. The number of anilines is 1. The number of nitrogens with one attached hydrogen (secondary N) is 2. The third-order valence-electron chi connectivity index (χ3n) is 4.74. The Morgan fingerprint density at radius 3 is 2.45 bits per heavy atom. The molecule has 9 heteroatoms. The minimum absolute atomic E-state index is 0.0325. The van der Waals surface area contributed by atoms with Gasteiger partial charge >= 0.3 is 0 Å². The van der Waals surface area contributed by atoms with Gasteiger partial charge in [0.1, 0.15) is 17.2 Å². The van der Waals surface area contributed by atoms with Crippen LogP contribution in [0.4, 0.5) is 5.69 Å². The highest BCUT2D eigenvalue weighted by atomic mass is 35.5. The first-order chi connectivity index (χ1) is 15.0. The normalized spacial score (nSPS) is 16.0. The summed E-state index contributed by atoms with van der Waals surface area (Å²) in [6.07, 6.45) is 1.98. The molecule has 0 aromatic heterocycles. The highest BCUT2D eigenvalue weighted by Crippen LogP contribution is 2.27. The third-order valence-corrected chi connectivity index (χ3v) is 5.03. The van der Waals surface area contributed by atoms with Crippen molar-refractivity contribution in [1.29, 1.82) is 0 Å². The van der Waals surface area contributed by atoms with Crippen molar-refractivity contribution in [3.8, 4) is 17.2 Å². The van der Waals surface area contributed by atoms with E-state index in [-0.39, 0.29) is 18.0 Å². The number of benzene rings is 2. The number of methoxy groups -OCH3 is 3. The molecule has 1 saturated heterocycles. The Bertz CT molecular complexity index is 922. The van der Waals surface area contributed by atoms with E-state index in [0.717, 1.165) is 19.4 Å². The average molecular weight is 448 g/mol. The van der Waals surface area contributed by atoms with Crippen LogP contribution in [0.2, 0.25) is 5.02 Å². The predicted molar refractivity (Wildman–Crippen MR) is 120 cm³/mol. The molecule has 166 valence electrons. The van der Waals surface area contributed by atoms with Crippen molar-refractivity contribution in [1.82, 2.24) is 5.32 Å². The van der Waals surface area contributed by atoms with Gasteiger partial charge in [0.25, 0.3) is 5.91 Å². The maximum atomic E-state index is 12.9. The van der Waals surface area contributed by atoms with Crippen LogP contribution in [0.3, 0.4) is 0 Å². The van der Waals surface area contributed by atoms with Gasteiger partial charge < -0.3 is 24.3 Å². The minimum Gasteiger partial charge on any atom is -0.497 e. The summed E-state index contributed by atoms with van der Waals surface area (Å²) in [6.45, 7) is 1.15. The Kier molecular flexibility index (Phi) is 7.97. The molecule has 1 fully saturated rings. The van der Waals surface area contributed by atoms with Gasteiger partial charge in [0.05, 0.1) is 39.0 Å². The number of amides is 1. The number of aliphatic imine (C=N–C) groups is 1. The molecule has 0 aliphatic carbocycles. The van der Waals surface area contributed by atoms with Gasteiger partial charge in [0.2, 0.25) is 5.96 Å². The molecule has 2 aromatic carbocycles. The van der Waals surface area contributed by atoms with E-state index in [2.05, 4.69) is 15.6 Å². The molecule has 1 aliphatic heterocycles. The average Bonchev–Trinajstić information content (AvgIpc) is 3.31. The number of ether oxygens (including phenoxy) is 4. The highest BCUT2D eigenvalue weighted by Gasteiger charge is 2.17. The summed E-state index contributed by atoms with van der Waals surface area (Å²) in [7, 11) is 4.60. The lowest BCUT2D eigenvalue weighted by Crippen LogP contribution is -2.36. The van der Waals surface area contributed by atoms with Crippen molar-refractivity contribution in [3.05, 3.63) is 47.0 Å². The van der Waals surface area contributed by atoms with Gasteiger partial charge in [-0.3, -0.25) is 10.1 Å². The summed E-state index contributed by atoms with van der Waals surface area (Å²) >= 11 is 6.22. The van der Waals surface area contributed by atoms with Crippen LogP contribution >= 0.6 is 11.6 Å². The summed E-state index contributed by atoms with van der Waals surface area (Å²) in [5, 5.41) is 6.37. The quantitative estimate of drug-likeness (QED) is 0.496. The molecular formula is C22H26ClN3O5. The summed E-state index contributed by atoms with van der Waals surface area (Å²) < 4.78 is 21.3. The van der Waals surface area contributed by atoms with Crippen molar-refractivity contribution in [3.63, 3.8) is 0 Å². The van der Waals surface area contributed by atoms with E-state index in [1.165, 1.54) is 14.2 Å². The fourth-order valence-corrected chi connectivity index (χ4v) is 3.35. The van der Waals surface area contributed by atoms with Crippen molar-refractivity contribution < 1.29 is 23.7 Å². The van der Waals surface area contributed by atoms with Gasteiger partial charge in [-0.15, -0.1) is 0 Å².